The van der Waals surface area contributed by atoms with Crippen LogP contribution in [0, 0.1) is 6.92 Å². The summed E-state index contributed by atoms with van der Waals surface area (Å²) in [4.78, 5) is 7.02. The molecule has 0 radical (unpaired) electrons. The van der Waals surface area contributed by atoms with Crippen LogP contribution in [0.1, 0.15) is 29.9 Å². The van der Waals surface area contributed by atoms with Crippen molar-refractivity contribution >= 4 is 5.82 Å². The van der Waals surface area contributed by atoms with Gasteiger partial charge in [0.2, 0.25) is 0 Å². The predicted octanol–water partition coefficient (Wildman–Crippen LogP) is 2.61. The lowest BCUT2D eigenvalue weighted by molar-refractivity contribution is 0.500. The molecule has 0 unspecified atom stereocenters. The van der Waals surface area contributed by atoms with E-state index in [4.69, 9.17) is 15.1 Å². The van der Waals surface area contributed by atoms with Crippen molar-refractivity contribution in [1.82, 2.24) is 4.98 Å². The number of aryl methyl sites for hydroxylation is 1. The molecule has 19 heavy (non-hydrogen) atoms. The third-order valence-corrected chi connectivity index (χ3v) is 3.48. The molecule has 0 aromatic carbocycles. The van der Waals surface area contributed by atoms with Crippen LogP contribution in [-0.4, -0.2) is 11.0 Å². The summed E-state index contributed by atoms with van der Waals surface area (Å²) >= 11 is 0. The number of rotatable bonds is 5. The molecule has 1 saturated carbocycles. The summed E-state index contributed by atoms with van der Waals surface area (Å²) in [6, 6.07) is 8.60. The molecule has 2 aromatic rings. The zero-order valence-electron chi connectivity index (χ0n) is 11.2. The third kappa shape index (κ3) is 2.63. The molecule has 1 fully saturated rings. The molecule has 2 heterocycles. The van der Waals surface area contributed by atoms with Crippen LogP contribution in [0.3, 0.4) is 0 Å². The maximum atomic E-state index is 5.84. The van der Waals surface area contributed by atoms with E-state index in [1.165, 1.54) is 12.8 Å². The van der Waals surface area contributed by atoms with Crippen molar-refractivity contribution in [2.45, 2.75) is 38.9 Å². The number of hydrogen-bond acceptors (Lipinski definition) is 4. The fourth-order valence-corrected chi connectivity index (χ4v) is 2.31. The maximum absolute atomic E-state index is 5.84. The Labute approximate surface area is 113 Å². The second kappa shape index (κ2) is 5.05. The Morgan fingerprint density at radius 3 is 2.84 bits per heavy atom. The standard InChI is InChI=1S/C15H19N3O/c1-11-4-5-12(9-16)15(17-11)18(13-6-7-13)10-14-3-2-8-19-14/h2-5,8,13H,6-7,9-10,16H2,1H3. The summed E-state index contributed by atoms with van der Waals surface area (Å²) in [6.45, 7) is 3.30. The molecule has 2 N–H and O–H groups in total. The molecule has 1 aliphatic carbocycles. The van der Waals surface area contributed by atoms with Crippen molar-refractivity contribution in [3.05, 3.63) is 47.5 Å². The lowest BCUT2D eigenvalue weighted by Gasteiger charge is -2.25. The van der Waals surface area contributed by atoms with Crippen LogP contribution in [0.5, 0.6) is 0 Å². The van der Waals surface area contributed by atoms with E-state index in [2.05, 4.69) is 11.0 Å². The van der Waals surface area contributed by atoms with Crippen LogP contribution in [0.15, 0.2) is 34.9 Å². The summed E-state index contributed by atoms with van der Waals surface area (Å²) in [6.07, 6.45) is 4.16. The molecular weight excluding hydrogens is 238 g/mol. The minimum atomic E-state index is 0.518. The Balaban J connectivity index is 1.93. The largest absolute Gasteiger partial charge is 0.467 e. The average Bonchev–Trinajstić information content (AvgIpc) is 3.13. The number of furan rings is 1. The smallest absolute Gasteiger partial charge is 0.133 e. The molecular formula is C15H19N3O. The monoisotopic (exact) mass is 257 g/mol. The number of pyridine rings is 1. The maximum Gasteiger partial charge on any atom is 0.133 e. The summed E-state index contributed by atoms with van der Waals surface area (Å²) in [5.41, 5.74) is 7.97. The van der Waals surface area contributed by atoms with E-state index in [1.807, 2.05) is 25.1 Å². The van der Waals surface area contributed by atoms with Crippen molar-refractivity contribution in [3.8, 4) is 0 Å². The van der Waals surface area contributed by atoms with Crippen molar-refractivity contribution in [2.24, 2.45) is 5.73 Å². The van der Waals surface area contributed by atoms with Gasteiger partial charge in [0.25, 0.3) is 0 Å². The molecule has 100 valence electrons. The second-order valence-corrected chi connectivity index (χ2v) is 5.08. The SMILES string of the molecule is Cc1ccc(CN)c(N(Cc2ccco2)C2CC2)n1. The van der Waals surface area contributed by atoms with Gasteiger partial charge in [0.15, 0.2) is 0 Å². The van der Waals surface area contributed by atoms with Crippen molar-refractivity contribution in [2.75, 3.05) is 4.90 Å². The van der Waals surface area contributed by atoms with Crippen molar-refractivity contribution in [1.29, 1.82) is 0 Å². The highest BCUT2D eigenvalue weighted by Crippen LogP contribution is 2.34. The van der Waals surface area contributed by atoms with Gasteiger partial charge in [-0.05, 0) is 38.0 Å². The molecule has 3 rings (SSSR count). The summed E-state index contributed by atoms with van der Waals surface area (Å²) < 4.78 is 5.47. The van der Waals surface area contributed by atoms with Crippen LogP contribution in [-0.2, 0) is 13.1 Å². The first-order chi connectivity index (χ1) is 9.28. The van der Waals surface area contributed by atoms with Crippen molar-refractivity contribution in [3.63, 3.8) is 0 Å². The molecule has 0 spiro atoms. The Morgan fingerprint density at radius 2 is 2.21 bits per heavy atom. The van der Waals surface area contributed by atoms with E-state index >= 15 is 0 Å². The number of anilines is 1. The Morgan fingerprint density at radius 1 is 1.37 bits per heavy atom. The predicted molar refractivity (Wildman–Crippen MR) is 74.8 cm³/mol. The normalized spacial score (nSPS) is 14.6. The molecule has 0 amide bonds. The molecule has 0 bridgehead atoms. The van der Waals surface area contributed by atoms with Crippen LogP contribution < -0.4 is 10.6 Å². The Kier molecular flexibility index (Phi) is 3.25. The first kappa shape index (κ1) is 12.2. The first-order valence-electron chi connectivity index (χ1n) is 6.73. The van der Waals surface area contributed by atoms with Gasteiger partial charge < -0.3 is 15.1 Å². The van der Waals surface area contributed by atoms with Gasteiger partial charge in [-0.3, -0.25) is 0 Å². The average molecular weight is 257 g/mol. The van der Waals surface area contributed by atoms with E-state index in [-0.39, 0.29) is 0 Å². The van der Waals surface area contributed by atoms with Crippen LogP contribution in [0.2, 0.25) is 0 Å². The molecule has 0 atom stereocenters. The van der Waals surface area contributed by atoms with E-state index in [9.17, 15) is 0 Å². The fraction of sp³-hybridized carbons (Fsp3) is 0.400. The number of hydrogen-bond donors (Lipinski definition) is 1. The van der Waals surface area contributed by atoms with Crippen molar-refractivity contribution < 1.29 is 4.42 Å². The van der Waals surface area contributed by atoms with Gasteiger partial charge in [0.05, 0.1) is 12.8 Å². The van der Waals surface area contributed by atoms with Gasteiger partial charge >= 0.3 is 0 Å². The summed E-state index contributed by atoms with van der Waals surface area (Å²) in [7, 11) is 0. The molecule has 0 aliphatic heterocycles. The highest BCUT2D eigenvalue weighted by Gasteiger charge is 2.31. The van der Waals surface area contributed by atoms with E-state index in [0.29, 0.717) is 12.6 Å². The van der Waals surface area contributed by atoms with Gasteiger partial charge in [-0.15, -0.1) is 0 Å². The zero-order valence-corrected chi connectivity index (χ0v) is 11.2. The number of aromatic nitrogens is 1. The zero-order chi connectivity index (χ0) is 13.2. The quantitative estimate of drug-likeness (QED) is 0.894. The van der Waals surface area contributed by atoms with Crippen LogP contribution in [0.4, 0.5) is 5.82 Å². The first-order valence-corrected chi connectivity index (χ1v) is 6.73. The number of nitrogens with zero attached hydrogens (tertiary/aromatic N) is 2. The van der Waals surface area contributed by atoms with E-state index in [1.54, 1.807) is 6.26 Å². The summed E-state index contributed by atoms with van der Waals surface area (Å²) in [5.74, 6) is 1.99. The van der Waals surface area contributed by atoms with E-state index in [0.717, 1.165) is 29.4 Å². The van der Waals surface area contributed by atoms with Gasteiger partial charge in [0.1, 0.15) is 11.6 Å². The molecule has 0 saturated heterocycles. The van der Waals surface area contributed by atoms with Crippen LogP contribution >= 0.6 is 0 Å². The second-order valence-electron chi connectivity index (χ2n) is 5.08. The highest BCUT2D eigenvalue weighted by atomic mass is 16.3. The highest BCUT2D eigenvalue weighted by molar-refractivity contribution is 5.50. The lowest BCUT2D eigenvalue weighted by Crippen LogP contribution is -2.27. The molecule has 1 aliphatic rings. The topological polar surface area (TPSA) is 55.3 Å². The summed E-state index contributed by atoms with van der Waals surface area (Å²) in [5, 5.41) is 0. The molecule has 4 nitrogen and oxygen atoms in total. The molecule has 4 heteroatoms. The lowest BCUT2D eigenvalue weighted by atomic mass is 10.2. The Hall–Kier alpha value is -1.81. The van der Waals surface area contributed by atoms with Gasteiger partial charge in [0, 0.05) is 23.8 Å². The minimum Gasteiger partial charge on any atom is -0.467 e. The minimum absolute atomic E-state index is 0.518. The molecule has 2 aromatic heterocycles. The number of nitrogens with two attached hydrogens (primary N) is 1. The van der Waals surface area contributed by atoms with Gasteiger partial charge in [-0.25, -0.2) is 4.98 Å². The Bertz CT molecular complexity index is 547. The van der Waals surface area contributed by atoms with Gasteiger partial charge in [-0.2, -0.15) is 0 Å². The van der Waals surface area contributed by atoms with E-state index < -0.39 is 0 Å². The van der Waals surface area contributed by atoms with Gasteiger partial charge in [-0.1, -0.05) is 6.07 Å². The third-order valence-electron chi connectivity index (χ3n) is 3.48. The van der Waals surface area contributed by atoms with Crippen LogP contribution in [0.25, 0.3) is 0 Å². The fourth-order valence-electron chi connectivity index (χ4n) is 2.31.